The Morgan fingerprint density at radius 2 is 1.89 bits per heavy atom. The predicted molar refractivity (Wildman–Crippen MR) is 135 cm³/mol. The lowest BCUT2D eigenvalue weighted by Gasteiger charge is -2.31. The molecule has 2 amide bonds. The summed E-state index contributed by atoms with van der Waals surface area (Å²) in [6.45, 7) is 7.33. The van der Waals surface area contributed by atoms with Gasteiger partial charge in [0.1, 0.15) is 17.2 Å². The largest absolute Gasteiger partial charge is 0.573 e. The second-order valence-corrected chi connectivity index (χ2v) is 9.00. The van der Waals surface area contributed by atoms with Gasteiger partial charge in [-0.05, 0) is 60.4 Å². The average Bonchev–Trinajstić information content (AvgIpc) is 2.85. The van der Waals surface area contributed by atoms with Crippen LogP contribution in [-0.4, -0.2) is 35.4 Å². The molecule has 0 fully saturated rings. The molecule has 196 valence electrons. The van der Waals surface area contributed by atoms with Crippen molar-refractivity contribution in [1.29, 1.82) is 0 Å². The second kappa shape index (κ2) is 11.5. The Morgan fingerprint density at radius 1 is 1.11 bits per heavy atom. The molecule has 0 saturated heterocycles. The van der Waals surface area contributed by atoms with Gasteiger partial charge in [0, 0.05) is 37.1 Å². The molecule has 0 radical (unpaired) electrons. The number of halogens is 3. The number of benzene rings is 2. The van der Waals surface area contributed by atoms with Crippen molar-refractivity contribution in [1.82, 2.24) is 9.88 Å². The summed E-state index contributed by atoms with van der Waals surface area (Å²) in [6, 6.07) is 13.5. The van der Waals surface area contributed by atoms with Crippen molar-refractivity contribution in [2.24, 2.45) is 5.92 Å². The number of carbonyl (C=O) groups is 1. The van der Waals surface area contributed by atoms with Crippen LogP contribution in [0.5, 0.6) is 17.4 Å². The Labute approximate surface area is 213 Å². The summed E-state index contributed by atoms with van der Waals surface area (Å²) in [5, 5.41) is 5.26. The van der Waals surface area contributed by atoms with Crippen LogP contribution in [0.3, 0.4) is 0 Å². The fraction of sp³-hybridized carbons (Fsp3) is 0.333. The van der Waals surface area contributed by atoms with Crippen LogP contribution in [0.1, 0.15) is 31.4 Å². The maximum atomic E-state index is 12.6. The van der Waals surface area contributed by atoms with Gasteiger partial charge >= 0.3 is 12.4 Å². The summed E-state index contributed by atoms with van der Waals surface area (Å²) in [5.41, 5.74) is 2.99. The summed E-state index contributed by atoms with van der Waals surface area (Å²) in [6.07, 6.45) is -1.21. The summed E-state index contributed by atoms with van der Waals surface area (Å²) in [5.74, 6) is 1.20. The Kier molecular flexibility index (Phi) is 8.17. The van der Waals surface area contributed by atoms with Gasteiger partial charge in [0.2, 0.25) is 5.88 Å². The van der Waals surface area contributed by atoms with E-state index in [1.807, 2.05) is 12.1 Å². The molecule has 2 aromatic carbocycles. The van der Waals surface area contributed by atoms with E-state index < -0.39 is 12.4 Å². The Hall–Kier alpha value is -3.79. The number of aromatic nitrogens is 1. The number of ether oxygens (including phenoxy) is 2. The Bertz CT molecular complexity index is 1220. The third-order valence-corrected chi connectivity index (χ3v) is 6.14. The van der Waals surface area contributed by atoms with Crippen molar-refractivity contribution in [2.75, 3.05) is 23.7 Å². The molecular formula is C27H29F3N4O3. The number of carbonyl (C=O) groups excluding carboxylic acids is 1. The molecule has 1 aliphatic rings. The molecule has 0 saturated carbocycles. The third kappa shape index (κ3) is 7.36. The molecule has 10 heteroatoms. The van der Waals surface area contributed by atoms with E-state index in [0.717, 1.165) is 50.2 Å². The van der Waals surface area contributed by atoms with Gasteiger partial charge in [-0.1, -0.05) is 32.4 Å². The average molecular weight is 515 g/mol. The van der Waals surface area contributed by atoms with Crippen molar-refractivity contribution < 1.29 is 27.4 Å². The number of alkyl halides is 3. The molecule has 1 aliphatic heterocycles. The molecule has 37 heavy (non-hydrogen) atoms. The molecule has 0 aliphatic carbocycles. The van der Waals surface area contributed by atoms with Gasteiger partial charge in [-0.15, -0.1) is 13.2 Å². The molecule has 2 N–H and O–H groups in total. The van der Waals surface area contributed by atoms with E-state index in [-0.39, 0.29) is 17.3 Å². The number of rotatable bonds is 8. The van der Waals surface area contributed by atoms with Crippen LogP contribution in [0.2, 0.25) is 0 Å². The number of pyridine rings is 1. The highest BCUT2D eigenvalue weighted by molar-refractivity contribution is 6.00. The smallest absolute Gasteiger partial charge is 0.437 e. The lowest BCUT2D eigenvalue weighted by Crippen LogP contribution is -2.34. The van der Waals surface area contributed by atoms with Crippen molar-refractivity contribution in [2.45, 2.75) is 39.6 Å². The lowest BCUT2D eigenvalue weighted by atomic mass is 9.97. The first kappa shape index (κ1) is 26.3. The summed E-state index contributed by atoms with van der Waals surface area (Å²) < 4.78 is 47.0. The first-order valence-electron chi connectivity index (χ1n) is 12.1. The number of anilines is 2. The number of fused-ring (bicyclic) bond motifs is 1. The fourth-order valence-corrected chi connectivity index (χ4v) is 4.15. The minimum absolute atomic E-state index is 0.238. The van der Waals surface area contributed by atoms with E-state index in [9.17, 15) is 18.0 Å². The summed E-state index contributed by atoms with van der Waals surface area (Å²) in [4.78, 5) is 19.3. The zero-order valence-electron chi connectivity index (χ0n) is 20.6. The first-order chi connectivity index (χ1) is 17.7. The number of hydrogen-bond acceptors (Lipinski definition) is 5. The minimum atomic E-state index is -4.78. The summed E-state index contributed by atoms with van der Waals surface area (Å²) in [7, 11) is 0. The maximum Gasteiger partial charge on any atom is 0.573 e. The predicted octanol–water partition coefficient (Wildman–Crippen LogP) is 6.82. The fourth-order valence-electron chi connectivity index (χ4n) is 4.15. The van der Waals surface area contributed by atoms with E-state index in [0.29, 0.717) is 17.4 Å². The highest BCUT2D eigenvalue weighted by Gasteiger charge is 2.31. The molecule has 3 aromatic rings. The molecular weight excluding hydrogens is 485 g/mol. The van der Waals surface area contributed by atoms with Gasteiger partial charge in [-0.2, -0.15) is 0 Å². The van der Waals surface area contributed by atoms with Crippen LogP contribution in [0.15, 0.2) is 60.8 Å². The van der Waals surface area contributed by atoms with Crippen LogP contribution >= 0.6 is 0 Å². The lowest BCUT2D eigenvalue weighted by molar-refractivity contribution is -0.274. The number of urea groups is 1. The van der Waals surface area contributed by atoms with Crippen LogP contribution in [0.4, 0.5) is 29.3 Å². The van der Waals surface area contributed by atoms with Gasteiger partial charge in [-0.25, -0.2) is 9.78 Å². The minimum Gasteiger partial charge on any atom is -0.437 e. The van der Waals surface area contributed by atoms with E-state index in [1.165, 1.54) is 17.7 Å². The topological polar surface area (TPSA) is 75.7 Å². The molecule has 7 nitrogen and oxygen atoms in total. The molecule has 0 spiro atoms. The zero-order chi connectivity index (χ0) is 26.4. The second-order valence-electron chi connectivity index (χ2n) is 9.00. The van der Waals surface area contributed by atoms with Crippen LogP contribution in [0.25, 0.3) is 0 Å². The SMILES string of the molecule is CCC(C)CN1CCc2c(cccc2Oc2ncccc2NC(=O)Nc2ccc(OC(F)(F)F)cc2)C1. The van der Waals surface area contributed by atoms with Crippen molar-refractivity contribution in [3.05, 3.63) is 71.9 Å². The maximum absolute atomic E-state index is 12.6. The summed E-state index contributed by atoms with van der Waals surface area (Å²) >= 11 is 0. The van der Waals surface area contributed by atoms with E-state index >= 15 is 0 Å². The molecule has 1 atom stereocenters. The molecule has 4 rings (SSSR count). The van der Waals surface area contributed by atoms with E-state index in [2.05, 4.69) is 45.2 Å². The monoisotopic (exact) mass is 514 g/mol. The van der Waals surface area contributed by atoms with Gasteiger partial charge in [0.05, 0.1) is 0 Å². The van der Waals surface area contributed by atoms with Crippen LogP contribution in [0, 0.1) is 5.92 Å². The quantitative estimate of drug-likeness (QED) is 0.345. The zero-order valence-corrected chi connectivity index (χ0v) is 20.6. The first-order valence-corrected chi connectivity index (χ1v) is 12.1. The highest BCUT2D eigenvalue weighted by atomic mass is 19.4. The Balaban J connectivity index is 1.42. The normalized spacial score (nSPS) is 14.4. The van der Waals surface area contributed by atoms with Crippen molar-refractivity contribution in [3.8, 4) is 17.4 Å². The van der Waals surface area contributed by atoms with Crippen LogP contribution < -0.4 is 20.1 Å². The molecule has 1 aromatic heterocycles. The van der Waals surface area contributed by atoms with E-state index in [4.69, 9.17) is 4.74 Å². The Morgan fingerprint density at radius 3 is 2.62 bits per heavy atom. The number of amides is 2. The van der Waals surface area contributed by atoms with Crippen molar-refractivity contribution >= 4 is 17.4 Å². The number of hydrogen-bond donors (Lipinski definition) is 2. The molecule has 2 heterocycles. The van der Waals surface area contributed by atoms with Gasteiger partial charge in [0.15, 0.2) is 0 Å². The molecule has 1 unspecified atom stereocenters. The third-order valence-electron chi connectivity index (χ3n) is 6.14. The highest BCUT2D eigenvalue weighted by Crippen LogP contribution is 2.34. The van der Waals surface area contributed by atoms with Gasteiger partial charge in [-0.3, -0.25) is 4.90 Å². The van der Waals surface area contributed by atoms with E-state index in [1.54, 1.807) is 18.3 Å². The van der Waals surface area contributed by atoms with Crippen molar-refractivity contribution in [3.63, 3.8) is 0 Å². The number of nitrogens with one attached hydrogen (secondary N) is 2. The van der Waals surface area contributed by atoms with Gasteiger partial charge in [0.25, 0.3) is 0 Å². The van der Waals surface area contributed by atoms with Gasteiger partial charge < -0.3 is 20.1 Å². The number of nitrogens with zero attached hydrogens (tertiary/aromatic N) is 2. The molecule has 0 bridgehead atoms. The van der Waals surface area contributed by atoms with Crippen LogP contribution in [-0.2, 0) is 13.0 Å². The standard InChI is InChI=1S/C27H29F3N4O3/c1-3-18(2)16-34-15-13-22-19(17-34)6-4-8-24(22)36-25-23(7-5-14-31-25)33-26(35)32-20-9-11-21(12-10-20)37-27(28,29)30/h4-12,14,18H,3,13,15-17H2,1-2H3,(H2,32,33,35).